The number of amides is 2. The maximum atomic E-state index is 12.9. The highest BCUT2D eigenvalue weighted by Crippen LogP contribution is 2.18. The first kappa shape index (κ1) is 18.5. The number of halogens is 1. The van der Waals surface area contributed by atoms with Gasteiger partial charge in [-0.15, -0.1) is 11.3 Å². The van der Waals surface area contributed by atoms with Gasteiger partial charge in [0.15, 0.2) is 0 Å². The third-order valence-electron chi connectivity index (χ3n) is 4.53. The average molecular weight is 375 g/mol. The maximum absolute atomic E-state index is 12.9. The minimum Gasteiger partial charge on any atom is -0.352 e. The summed E-state index contributed by atoms with van der Waals surface area (Å²) in [6.07, 6.45) is 2.24. The maximum Gasteiger partial charge on any atom is 0.251 e. The van der Waals surface area contributed by atoms with Gasteiger partial charge in [0.1, 0.15) is 5.82 Å². The second-order valence-corrected chi connectivity index (χ2v) is 7.66. The standard InChI is InChI=1S/C19H22FN3O2S/c1-13-22-17(12-26-13)9-18(24)23-8-2-3-14(11-23)10-21-19(25)15-4-6-16(20)7-5-15/h4-7,12,14H,2-3,8-11H2,1H3,(H,21,25)/t14-/m1/s1. The molecule has 2 heterocycles. The smallest absolute Gasteiger partial charge is 0.251 e. The number of rotatable bonds is 5. The van der Waals surface area contributed by atoms with Crippen LogP contribution in [-0.4, -0.2) is 41.3 Å². The fourth-order valence-corrected chi connectivity index (χ4v) is 3.77. The lowest BCUT2D eigenvalue weighted by Gasteiger charge is -2.32. The number of nitrogens with one attached hydrogen (secondary N) is 1. The van der Waals surface area contributed by atoms with Gasteiger partial charge in [0.25, 0.3) is 5.91 Å². The molecule has 0 unspecified atom stereocenters. The lowest BCUT2D eigenvalue weighted by Crippen LogP contribution is -2.44. The van der Waals surface area contributed by atoms with Gasteiger partial charge in [-0.1, -0.05) is 0 Å². The number of nitrogens with zero attached hydrogens (tertiary/aromatic N) is 2. The van der Waals surface area contributed by atoms with E-state index >= 15 is 0 Å². The number of thiazole rings is 1. The van der Waals surface area contributed by atoms with E-state index in [1.165, 1.54) is 24.3 Å². The summed E-state index contributed by atoms with van der Waals surface area (Å²) in [5.41, 5.74) is 1.26. The van der Waals surface area contributed by atoms with E-state index in [0.29, 0.717) is 25.1 Å². The third-order valence-corrected chi connectivity index (χ3v) is 5.35. The van der Waals surface area contributed by atoms with E-state index in [4.69, 9.17) is 0 Å². The first-order chi connectivity index (χ1) is 12.5. The number of carbonyl (C=O) groups is 2. The molecule has 5 nitrogen and oxygen atoms in total. The molecule has 1 aliphatic heterocycles. The fourth-order valence-electron chi connectivity index (χ4n) is 3.15. The van der Waals surface area contributed by atoms with Crippen LogP contribution in [0.25, 0.3) is 0 Å². The lowest BCUT2D eigenvalue weighted by atomic mass is 9.97. The van der Waals surface area contributed by atoms with Crippen LogP contribution in [0.15, 0.2) is 29.6 Å². The van der Waals surface area contributed by atoms with Crippen LogP contribution < -0.4 is 5.32 Å². The molecule has 1 aromatic carbocycles. The van der Waals surface area contributed by atoms with Crippen LogP contribution in [-0.2, 0) is 11.2 Å². The lowest BCUT2D eigenvalue weighted by molar-refractivity contribution is -0.132. The Labute approximate surface area is 156 Å². The van der Waals surface area contributed by atoms with E-state index in [0.717, 1.165) is 30.1 Å². The molecular formula is C19H22FN3O2S. The zero-order valence-electron chi connectivity index (χ0n) is 14.7. The molecule has 1 aliphatic rings. The van der Waals surface area contributed by atoms with Gasteiger partial charge in [0.2, 0.25) is 5.91 Å². The molecule has 0 aliphatic carbocycles. The molecule has 1 fully saturated rings. The Bertz CT molecular complexity index is 775. The summed E-state index contributed by atoms with van der Waals surface area (Å²) in [7, 11) is 0. The Morgan fingerprint density at radius 2 is 2.12 bits per heavy atom. The van der Waals surface area contributed by atoms with E-state index in [1.807, 2.05) is 17.2 Å². The van der Waals surface area contributed by atoms with Crippen molar-refractivity contribution < 1.29 is 14.0 Å². The molecule has 1 aromatic heterocycles. The van der Waals surface area contributed by atoms with E-state index in [-0.39, 0.29) is 23.5 Å². The number of benzene rings is 1. The predicted molar refractivity (Wildman–Crippen MR) is 98.6 cm³/mol. The number of hydrogen-bond donors (Lipinski definition) is 1. The number of piperidine rings is 1. The van der Waals surface area contributed by atoms with Crippen molar-refractivity contribution in [1.82, 2.24) is 15.2 Å². The van der Waals surface area contributed by atoms with Gasteiger partial charge < -0.3 is 10.2 Å². The minimum atomic E-state index is -0.363. The molecular weight excluding hydrogens is 353 g/mol. The minimum absolute atomic E-state index is 0.0878. The molecule has 7 heteroatoms. The Kier molecular flexibility index (Phi) is 5.98. The Balaban J connectivity index is 1.49. The monoisotopic (exact) mass is 375 g/mol. The largest absolute Gasteiger partial charge is 0.352 e. The van der Waals surface area contributed by atoms with Crippen molar-refractivity contribution in [3.8, 4) is 0 Å². The summed E-state index contributed by atoms with van der Waals surface area (Å²) in [4.78, 5) is 30.8. The van der Waals surface area contributed by atoms with E-state index < -0.39 is 0 Å². The van der Waals surface area contributed by atoms with Gasteiger partial charge in [0.05, 0.1) is 17.1 Å². The molecule has 0 radical (unpaired) electrons. The summed E-state index contributed by atoms with van der Waals surface area (Å²) in [6.45, 7) is 3.84. The normalized spacial score (nSPS) is 17.2. The summed E-state index contributed by atoms with van der Waals surface area (Å²) in [5, 5.41) is 5.78. The highest BCUT2D eigenvalue weighted by Gasteiger charge is 2.24. The van der Waals surface area contributed by atoms with Crippen molar-refractivity contribution in [2.45, 2.75) is 26.2 Å². The molecule has 1 atom stereocenters. The fraction of sp³-hybridized carbons (Fsp3) is 0.421. The topological polar surface area (TPSA) is 62.3 Å². The number of aryl methyl sites for hydroxylation is 1. The number of likely N-dealkylation sites (tertiary alicyclic amines) is 1. The van der Waals surface area contributed by atoms with Crippen molar-refractivity contribution in [3.05, 3.63) is 51.7 Å². The van der Waals surface area contributed by atoms with Crippen molar-refractivity contribution in [2.24, 2.45) is 5.92 Å². The Morgan fingerprint density at radius 3 is 2.81 bits per heavy atom. The molecule has 0 bridgehead atoms. The first-order valence-corrected chi connectivity index (χ1v) is 9.62. The number of aromatic nitrogens is 1. The van der Waals surface area contributed by atoms with E-state index in [2.05, 4.69) is 10.3 Å². The zero-order valence-corrected chi connectivity index (χ0v) is 15.5. The predicted octanol–water partition coefficient (Wildman–Crippen LogP) is 2.80. The summed E-state index contributed by atoms with van der Waals surface area (Å²) >= 11 is 1.55. The van der Waals surface area contributed by atoms with Crippen LogP contribution in [0.3, 0.4) is 0 Å². The molecule has 2 aromatic rings. The van der Waals surface area contributed by atoms with Gasteiger partial charge in [-0.25, -0.2) is 9.37 Å². The summed E-state index contributed by atoms with van der Waals surface area (Å²) < 4.78 is 12.9. The average Bonchev–Trinajstić information content (AvgIpc) is 3.05. The van der Waals surface area contributed by atoms with Crippen LogP contribution in [0.1, 0.15) is 33.9 Å². The summed E-state index contributed by atoms with van der Waals surface area (Å²) in [5.74, 6) is -0.260. The van der Waals surface area contributed by atoms with E-state index in [9.17, 15) is 14.0 Å². The number of hydrogen-bond acceptors (Lipinski definition) is 4. The summed E-state index contributed by atoms with van der Waals surface area (Å²) in [6, 6.07) is 5.49. The van der Waals surface area contributed by atoms with Crippen molar-refractivity contribution in [2.75, 3.05) is 19.6 Å². The SMILES string of the molecule is Cc1nc(CC(=O)N2CCC[C@H](CNC(=O)c3ccc(F)cc3)C2)cs1. The van der Waals surface area contributed by atoms with Crippen molar-refractivity contribution >= 4 is 23.2 Å². The zero-order chi connectivity index (χ0) is 18.5. The van der Waals surface area contributed by atoms with Crippen LogP contribution in [0.2, 0.25) is 0 Å². The Morgan fingerprint density at radius 1 is 1.35 bits per heavy atom. The van der Waals surface area contributed by atoms with Crippen molar-refractivity contribution in [3.63, 3.8) is 0 Å². The molecule has 3 rings (SSSR count). The van der Waals surface area contributed by atoms with Gasteiger partial charge >= 0.3 is 0 Å². The second kappa shape index (κ2) is 8.40. The van der Waals surface area contributed by atoms with Crippen LogP contribution in [0.4, 0.5) is 4.39 Å². The van der Waals surface area contributed by atoms with E-state index in [1.54, 1.807) is 11.3 Å². The second-order valence-electron chi connectivity index (χ2n) is 6.60. The van der Waals surface area contributed by atoms with Crippen LogP contribution in [0, 0.1) is 18.7 Å². The molecule has 26 heavy (non-hydrogen) atoms. The van der Waals surface area contributed by atoms with Gasteiger partial charge in [-0.3, -0.25) is 9.59 Å². The highest BCUT2D eigenvalue weighted by molar-refractivity contribution is 7.09. The number of carbonyl (C=O) groups excluding carboxylic acids is 2. The molecule has 2 amide bonds. The molecule has 1 N–H and O–H groups in total. The quantitative estimate of drug-likeness (QED) is 0.874. The van der Waals surface area contributed by atoms with Gasteiger partial charge in [0, 0.05) is 30.6 Å². The molecule has 138 valence electrons. The highest BCUT2D eigenvalue weighted by atomic mass is 32.1. The van der Waals surface area contributed by atoms with Crippen molar-refractivity contribution in [1.29, 1.82) is 0 Å². The molecule has 1 saturated heterocycles. The first-order valence-electron chi connectivity index (χ1n) is 8.74. The Hall–Kier alpha value is -2.28. The van der Waals surface area contributed by atoms with Gasteiger partial charge in [-0.2, -0.15) is 0 Å². The van der Waals surface area contributed by atoms with Gasteiger partial charge in [-0.05, 0) is 49.9 Å². The van der Waals surface area contributed by atoms with Crippen LogP contribution in [0.5, 0.6) is 0 Å². The third kappa shape index (κ3) is 4.88. The van der Waals surface area contributed by atoms with Crippen LogP contribution >= 0.6 is 11.3 Å². The molecule has 0 spiro atoms. The molecule has 0 saturated carbocycles.